The van der Waals surface area contributed by atoms with Crippen LogP contribution in [0.2, 0.25) is 5.21 Å². The molecular weight excluding hydrogens is 261 g/mol. The van der Waals surface area contributed by atoms with E-state index in [9.17, 15) is 0 Å². The maximum absolute atomic E-state index is 8.91. The first kappa shape index (κ1) is 13.3. The van der Waals surface area contributed by atoms with E-state index >= 15 is 0 Å². The molecule has 0 saturated carbocycles. The van der Waals surface area contributed by atoms with Crippen LogP contribution in [0.25, 0.3) is 0 Å². The van der Waals surface area contributed by atoms with Gasteiger partial charge in [0.15, 0.2) is 0 Å². The molecule has 0 bridgehead atoms. The number of hydrogen-bond acceptors (Lipinski definition) is 2. The van der Waals surface area contributed by atoms with Crippen LogP contribution in [0.4, 0.5) is 0 Å². The van der Waals surface area contributed by atoms with Crippen LogP contribution in [0.15, 0.2) is 35.5 Å². The second-order valence-electron chi connectivity index (χ2n) is 3.75. The summed E-state index contributed by atoms with van der Waals surface area (Å²) < 4.78 is 0. The molecule has 0 heterocycles. The molecule has 0 amide bonds. The van der Waals surface area contributed by atoms with Crippen LogP contribution < -0.4 is 0 Å². The normalized spacial score (nSPS) is 11.7. The average Bonchev–Trinajstić information content (AvgIpc) is 2.34. The van der Waals surface area contributed by atoms with Gasteiger partial charge in [0.1, 0.15) is 0 Å². The summed E-state index contributed by atoms with van der Waals surface area (Å²) in [5.74, 6) is 0. The first-order chi connectivity index (χ1) is 7.86. The minimum absolute atomic E-state index is 0.740. The quantitative estimate of drug-likeness (QED) is 0.269. The van der Waals surface area contributed by atoms with E-state index in [0.29, 0.717) is 0 Å². The number of rotatable bonds is 7. The minimum atomic E-state index is 0.740. The summed E-state index contributed by atoms with van der Waals surface area (Å²) >= 11 is 1.78. The van der Waals surface area contributed by atoms with Crippen molar-refractivity contribution in [1.29, 1.82) is 0 Å². The van der Waals surface area contributed by atoms with Gasteiger partial charge < -0.3 is 0 Å². The van der Waals surface area contributed by atoms with Crippen molar-refractivity contribution in [3.8, 4) is 0 Å². The second-order valence-corrected chi connectivity index (χ2v) is 4.96. The molecule has 1 radical (unpaired) electrons. The van der Waals surface area contributed by atoms with E-state index in [1.54, 1.807) is 16.9 Å². The summed E-state index contributed by atoms with van der Waals surface area (Å²) in [5, 5.41) is 13.6. The van der Waals surface area contributed by atoms with Gasteiger partial charge in [0.25, 0.3) is 0 Å². The van der Waals surface area contributed by atoms with Crippen molar-refractivity contribution in [2.45, 2.75) is 30.9 Å². The first-order valence-corrected chi connectivity index (χ1v) is 7.33. The van der Waals surface area contributed by atoms with Gasteiger partial charge in [-0.25, -0.2) is 0 Å². The molecule has 0 saturated heterocycles. The van der Waals surface area contributed by atoms with E-state index in [1.807, 2.05) is 18.2 Å². The molecule has 1 N–H and O–H groups in total. The van der Waals surface area contributed by atoms with Gasteiger partial charge in [0.05, 0.1) is 0 Å². The third-order valence-corrected chi connectivity index (χ3v) is 3.24. The molecule has 0 aliphatic heterocycles. The van der Waals surface area contributed by atoms with Crippen molar-refractivity contribution in [1.82, 2.24) is 0 Å². The molecule has 0 fully saturated rings. The molecule has 2 nitrogen and oxygen atoms in total. The van der Waals surface area contributed by atoms with Gasteiger partial charge >= 0.3 is 106 Å². The van der Waals surface area contributed by atoms with Gasteiger partial charge in [-0.15, -0.1) is 0 Å². The van der Waals surface area contributed by atoms with Crippen molar-refractivity contribution in [2.24, 2.45) is 5.16 Å². The zero-order valence-corrected chi connectivity index (χ0v) is 11.9. The van der Waals surface area contributed by atoms with Crippen molar-refractivity contribution in [3.05, 3.63) is 42.3 Å². The molecule has 1 aromatic carbocycles. The SMILES string of the molecule is ON=C(C[CH]CCC[AsH2])Cc1ccccc1. The predicted molar refractivity (Wildman–Crippen MR) is 70.9 cm³/mol. The van der Waals surface area contributed by atoms with Gasteiger partial charge in [0, 0.05) is 0 Å². The second kappa shape index (κ2) is 8.41. The molecule has 1 aromatic rings. The molecule has 1 atom stereocenters. The van der Waals surface area contributed by atoms with Crippen molar-refractivity contribution >= 4 is 22.6 Å². The van der Waals surface area contributed by atoms with Crippen LogP contribution >= 0.6 is 0 Å². The van der Waals surface area contributed by atoms with Crippen LogP contribution in [0.1, 0.15) is 24.8 Å². The van der Waals surface area contributed by atoms with Crippen LogP contribution in [-0.2, 0) is 6.42 Å². The van der Waals surface area contributed by atoms with Crippen molar-refractivity contribution in [3.63, 3.8) is 0 Å². The zero-order valence-electron chi connectivity index (χ0n) is 9.47. The van der Waals surface area contributed by atoms with Gasteiger partial charge in [-0.05, 0) is 0 Å². The Morgan fingerprint density at radius 2 is 2.06 bits per heavy atom. The molecule has 0 spiro atoms. The molecule has 87 valence electrons. The Morgan fingerprint density at radius 3 is 2.69 bits per heavy atom. The third-order valence-electron chi connectivity index (χ3n) is 2.38. The van der Waals surface area contributed by atoms with E-state index in [2.05, 4.69) is 23.7 Å². The topological polar surface area (TPSA) is 32.6 Å². The Labute approximate surface area is 106 Å². The molecule has 1 unspecified atom stereocenters. The predicted octanol–water partition coefficient (Wildman–Crippen LogP) is 2.49. The molecule has 0 aliphatic rings. The fourth-order valence-corrected chi connectivity index (χ4v) is 2.01. The van der Waals surface area contributed by atoms with Crippen molar-refractivity contribution in [2.75, 3.05) is 0 Å². The number of hydrogen-bond donors (Lipinski definition) is 1. The average molecular weight is 280 g/mol. The molecule has 3 heteroatoms. The number of benzene rings is 1. The van der Waals surface area contributed by atoms with Crippen LogP contribution in [-0.4, -0.2) is 27.8 Å². The van der Waals surface area contributed by atoms with E-state index in [1.165, 1.54) is 17.2 Å². The molecular formula is C13H19AsNO. The first-order valence-electron chi connectivity index (χ1n) is 5.62. The Morgan fingerprint density at radius 1 is 1.31 bits per heavy atom. The van der Waals surface area contributed by atoms with E-state index in [-0.39, 0.29) is 0 Å². The Balaban J connectivity index is 2.33. The van der Waals surface area contributed by atoms with E-state index in [4.69, 9.17) is 5.21 Å². The third kappa shape index (κ3) is 5.36. The summed E-state index contributed by atoms with van der Waals surface area (Å²) in [4.78, 5) is 0. The van der Waals surface area contributed by atoms with E-state index < -0.39 is 0 Å². The standard InChI is InChI=1S/C13H19AsNO/c14-10-6-2-5-9-13(15-16)11-12-7-3-1-4-8-12/h1,3-5,7-8,16H,2,6,9-11,14H2. The number of nitrogens with zero attached hydrogens (tertiary/aromatic N) is 1. The molecule has 16 heavy (non-hydrogen) atoms. The van der Waals surface area contributed by atoms with Gasteiger partial charge in [-0.2, -0.15) is 0 Å². The molecule has 0 aliphatic carbocycles. The van der Waals surface area contributed by atoms with Crippen LogP contribution in [0.3, 0.4) is 0 Å². The van der Waals surface area contributed by atoms with E-state index in [0.717, 1.165) is 25.0 Å². The van der Waals surface area contributed by atoms with Crippen molar-refractivity contribution < 1.29 is 5.21 Å². The fraction of sp³-hybridized carbons (Fsp3) is 0.385. The number of oxime groups is 1. The Kier molecular flexibility index (Phi) is 6.99. The number of unbranched alkanes of at least 4 members (excludes halogenated alkanes) is 2. The maximum atomic E-state index is 8.91. The summed E-state index contributed by atoms with van der Waals surface area (Å²) in [5.41, 5.74) is 2.04. The van der Waals surface area contributed by atoms with Gasteiger partial charge in [-0.1, -0.05) is 0 Å². The summed E-state index contributed by atoms with van der Waals surface area (Å²) in [6.45, 7) is 0. The zero-order chi connectivity index (χ0) is 11.6. The summed E-state index contributed by atoms with van der Waals surface area (Å²) in [6.07, 6.45) is 6.09. The van der Waals surface area contributed by atoms with Crippen LogP contribution in [0, 0.1) is 6.42 Å². The molecule has 1 rings (SSSR count). The Bertz CT molecular complexity index is 311. The Hall–Kier alpha value is -0.752. The van der Waals surface area contributed by atoms with Gasteiger partial charge in [-0.3, -0.25) is 0 Å². The summed E-state index contributed by atoms with van der Waals surface area (Å²) in [6, 6.07) is 10.1. The fourth-order valence-electron chi connectivity index (χ4n) is 1.51. The monoisotopic (exact) mass is 280 g/mol. The van der Waals surface area contributed by atoms with Gasteiger partial charge in [0.2, 0.25) is 0 Å². The van der Waals surface area contributed by atoms with Crippen LogP contribution in [0.5, 0.6) is 0 Å². The molecule has 0 aromatic heterocycles. The summed E-state index contributed by atoms with van der Waals surface area (Å²) in [7, 11) is 0.